The summed E-state index contributed by atoms with van der Waals surface area (Å²) >= 11 is 0. The molecule has 20 heavy (non-hydrogen) atoms. The summed E-state index contributed by atoms with van der Waals surface area (Å²) in [6.07, 6.45) is 2.09. The summed E-state index contributed by atoms with van der Waals surface area (Å²) in [4.78, 5) is 2.60. The van der Waals surface area contributed by atoms with Crippen LogP contribution in [-0.2, 0) is 16.4 Å². The Morgan fingerprint density at radius 3 is 2.30 bits per heavy atom. The SMILES string of the molecule is CCCN(CCC)CCS(=O)(=O)c1cccc(CN)c1. The second kappa shape index (κ2) is 8.39. The lowest BCUT2D eigenvalue weighted by Crippen LogP contribution is -2.31. The summed E-state index contributed by atoms with van der Waals surface area (Å²) in [6.45, 7) is 7.08. The molecule has 0 heterocycles. The van der Waals surface area contributed by atoms with Gasteiger partial charge in [-0.25, -0.2) is 8.42 Å². The van der Waals surface area contributed by atoms with Crippen molar-refractivity contribution in [3.05, 3.63) is 29.8 Å². The molecule has 114 valence electrons. The van der Waals surface area contributed by atoms with Crippen molar-refractivity contribution in [3.63, 3.8) is 0 Å². The molecule has 0 amide bonds. The van der Waals surface area contributed by atoms with E-state index in [4.69, 9.17) is 5.73 Å². The molecule has 4 nitrogen and oxygen atoms in total. The molecule has 1 aromatic rings. The van der Waals surface area contributed by atoms with E-state index in [9.17, 15) is 8.42 Å². The molecule has 1 rings (SSSR count). The van der Waals surface area contributed by atoms with Crippen LogP contribution in [0.2, 0.25) is 0 Å². The molecule has 1 aromatic carbocycles. The van der Waals surface area contributed by atoms with Gasteiger partial charge in [-0.3, -0.25) is 0 Å². The molecular formula is C15H26N2O2S. The molecule has 0 bridgehead atoms. The van der Waals surface area contributed by atoms with Crippen LogP contribution in [-0.4, -0.2) is 38.7 Å². The van der Waals surface area contributed by atoms with Gasteiger partial charge < -0.3 is 10.6 Å². The number of nitrogens with two attached hydrogens (primary N) is 1. The Hall–Kier alpha value is -0.910. The molecule has 0 fully saturated rings. The summed E-state index contributed by atoms with van der Waals surface area (Å²) in [5.41, 5.74) is 6.41. The van der Waals surface area contributed by atoms with E-state index in [2.05, 4.69) is 18.7 Å². The second-order valence-corrected chi connectivity index (χ2v) is 7.12. The molecule has 0 saturated heterocycles. The summed E-state index contributed by atoms with van der Waals surface area (Å²) in [7, 11) is -3.22. The topological polar surface area (TPSA) is 63.4 Å². The van der Waals surface area contributed by atoms with Crippen molar-refractivity contribution in [3.8, 4) is 0 Å². The predicted octanol–water partition coefficient (Wildman–Crippen LogP) is 2.04. The molecule has 0 atom stereocenters. The minimum absolute atomic E-state index is 0.168. The van der Waals surface area contributed by atoms with E-state index in [1.54, 1.807) is 18.2 Å². The lowest BCUT2D eigenvalue weighted by Gasteiger charge is -2.20. The van der Waals surface area contributed by atoms with Crippen LogP contribution in [0.1, 0.15) is 32.3 Å². The van der Waals surface area contributed by atoms with Crippen molar-refractivity contribution in [2.75, 3.05) is 25.4 Å². The quantitative estimate of drug-likeness (QED) is 0.758. The molecule has 0 unspecified atom stereocenters. The molecular weight excluding hydrogens is 272 g/mol. The van der Waals surface area contributed by atoms with Gasteiger partial charge >= 0.3 is 0 Å². The van der Waals surface area contributed by atoms with Crippen LogP contribution in [0.5, 0.6) is 0 Å². The van der Waals surface area contributed by atoms with Gasteiger partial charge in [0.1, 0.15) is 0 Å². The molecule has 0 radical (unpaired) electrons. The lowest BCUT2D eigenvalue weighted by molar-refractivity contribution is 0.290. The van der Waals surface area contributed by atoms with Gasteiger partial charge in [-0.15, -0.1) is 0 Å². The maximum atomic E-state index is 12.3. The lowest BCUT2D eigenvalue weighted by atomic mass is 10.2. The third-order valence-corrected chi connectivity index (χ3v) is 4.94. The highest BCUT2D eigenvalue weighted by molar-refractivity contribution is 7.91. The van der Waals surface area contributed by atoms with Crippen LogP contribution in [0.3, 0.4) is 0 Å². The zero-order valence-corrected chi connectivity index (χ0v) is 13.3. The Balaban J connectivity index is 2.73. The Labute approximate surface area is 122 Å². The van der Waals surface area contributed by atoms with Crippen LogP contribution in [0, 0.1) is 0 Å². The Morgan fingerprint density at radius 2 is 1.75 bits per heavy atom. The molecule has 0 aliphatic carbocycles. The van der Waals surface area contributed by atoms with Crippen molar-refractivity contribution in [2.24, 2.45) is 5.73 Å². The highest BCUT2D eigenvalue weighted by Gasteiger charge is 2.16. The molecule has 0 aliphatic rings. The molecule has 0 saturated carbocycles. The van der Waals surface area contributed by atoms with Crippen molar-refractivity contribution in [1.29, 1.82) is 0 Å². The van der Waals surface area contributed by atoms with E-state index in [0.29, 0.717) is 18.0 Å². The maximum absolute atomic E-state index is 12.3. The number of sulfone groups is 1. The number of rotatable bonds is 9. The Kier molecular flexibility index (Phi) is 7.19. The fourth-order valence-electron chi connectivity index (χ4n) is 2.20. The van der Waals surface area contributed by atoms with Gasteiger partial charge in [0, 0.05) is 13.1 Å². The van der Waals surface area contributed by atoms with Gasteiger partial charge in [0.25, 0.3) is 0 Å². The fourth-order valence-corrected chi connectivity index (χ4v) is 3.55. The van der Waals surface area contributed by atoms with Gasteiger partial charge in [0.05, 0.1) is 10.6 Å². The maximum Gasteiger partial charge on any atom is 0.179 e. The van der Waals surface area contributed by atoms with E-state index in [1.165, 1.54) is 0 Å². The van der Waals surface area contributed by atoms with Crippen molar-refractivity contribution < 1.29 is 8.42 Å². The van der Waals surface area contributed by atoms with Crippen LogP contribution >= 0.6 is 0 Å². The zero-order chi connectivity index (χ0) is 15.0. The molecule has 5 heteroatoms. The Morgan fingerprint density at radius 1 is 1.10 bits per heavy atom. The van der Waals surface area contributed by atoms with E-state index in [-0.39, 0.29) is 5.75 Å². The first-order valence-electron chi connectivity index (χ1n) is 7.27. The van der Waals surface area contributed by atoms with Crippen molar-refractivity contribution >= 4 is 9.84 Å². The summed E-state index contributed by atoms with van der Waals surface area (Å²) in [5.74, 6) is 0.168. The normalized spacial score (nSPS) is 12.0. The van der Waals surface area contributed by atoms with Crippen molar-refractivity contribution in [2.45, 2.75) is 38.1 Å². The number of hydrogen-bond acceptors (Lipinski definition) is 4. The summed E-state index contributed by atoms with van der Waals surface area (Å²) in [5, 5.41) is 0. The number of hydrogen-bond donors (Lipinski definition) is 1. The summed E-state index contributed by atoms with van der Waals surface area (Å²) < 4.78 is 24.7. The summed E-state index contributed by atoms with van der Waals surface area (Å²) in [6, 6.07) is 6.93. The van der Waals surface area contributed by atoms with Gasteiger partial charge in [-0.05, 0) is 43.6 Å². The van der Waals surface area contributed by atoms with Gasteiger partial charge in [-0.2, -0.15) is 0 Å². The van der Waals surface area contributed by atoms with Crippen molar-refractivity contribution in [1.82, 2.24) is 4.90 Å². The molecule has 2 N–H and O–H groups in total. The van der Waals surface area contributed by atoms with E-state index in [1.807, 2.05) is 6.07 Å². The van der Waals surface area contributed by atoms with Gasteiger partial charge in [0.15, 0.2) is 9.84 Å². The van der Waals surface area contributed by atoms with E-state index < -0.39 is 9.84 Å². The first kappa shape index (κ1) is 17.1. The third-order valence-electron chi connectivity index (χ3n) is 3.25. The first-order valence-corrected chi connectivity index (χ1v) is 8.92. The third kappa shape index (κ3) is 5.23. The van der Waals surface area contributed by atoms with Crippen LogP contribution in [0.15, 0.2) is 29.2 Å². The number of benzene rings is 1. The number of nitrogens with zero attached hydrogens (tertiary/aromatic N) is 1. The highest BCUT2D eigenvalue weighted by atomic mass is 32.2. The molecule has 0 spiro atoms. The average molecular weight is 298 g/mol. The molecule has 0 aliphatic heterocycles. The van der Waals surface area contributed by atoms with Crippen LogP contribution in [0.25, 0.3) is 0 Å². The Bertz CT molecular complexity index is 494. The zero-order valence-electron chi connectivity index (χ0n) is 12.5. The largest absolute Gasteiger partial charge is 0.326 e. The highest BCUT2D eigenvalue weighted by Crippen LogP contribution is 2.13. The second-order valence-electron chi connectivity index (χ2n) is 5.01. The van der Waals surface area contributed by atoms with Gasteiger partial charge in [-0.1, -0.05) is 26.0 Å². The minimum atomic E-state index is -3.22. The standard InChI is InChI=1S/C15H26N2O2S/c1-3-8-17(9-4-2)10-11-20(18,19)15-7-5-6-14(12-15)13-16/h5-7,12H,3-4,8-11,13,16H2,1-2H3. The monoisotopic (exact) mass is 298 g/mol. The minimum Gasteiger partial charge on any atom is -0.326 e. The molecule has 0 aromatic heterocycles. The predicted molar refractivity (Wildman–Crippen MR) is 83.4 cm³/mol. The van der Waals surface area contributed by atoms with E-state index >= 15 is 0 Å². The smallest absolute Gasteiger partial charge is 0.179 e. The van der Waals surface area contributed by atoms with Gasteiger partial charge in [0.2, 0.25) is 0 Å². The van der Waals surface area contributed by atoms with Crippen LogP contribution < -0.4 is 5.73 Å². The fraction of sp³-hybridized carbons (Fsp3) is 0.600. The van der Waals surface area contributed by atoms with E-state index in [0.717, 1.165) is 31.5 Å². The van der Waals surface area contributed by atoms with Crippen LogP contribution in [0.4, 0.5) is 0 Å². The average Bonchev–Trinajstić information content (AvgIpc) is 2.45. The first-order chi connectivity index (χ1) is 9.53.